The zero-order chi connectivity index (χ0) is 14.0. The Hall–Kier alpha value is -1.99. The Morgan fingerprint density at radius 1 is 1.32 bits per heavy atom. The summed E-state index contributed by atoms with van der Waals surface area (Å²) in [6.07, 6.45) is 1.91. The van der Waals surface area contributed by atoms with E-state index in [9.17, 15) is 4.79 Å². The van der Waals surface area contributed by atoms with Gasteiger partial charge in [-0.3, -0.25) is 0 Å². The largest absolute Gasteiger partial charge is 0.465 e. The van der Waals surface area contributed by atoms with Crippen molar-refractivity contribution in [1.29, 1.82) is 0 Å². The molecule has 0 aliphatic heterocycles. The molecular weight excluding hydrogens is 254 g/mol. The van der Waals surface area contributed by atoms with Crippen LogP contribution in [0.5, 0.6) is 0 Å². The minimum atomic E-state index is -1.44. The molecule has 0 saturated heterocycles. The Bertz CT molecular complexity index is 683. The number of esters is 1. The lowest BCUT2D eigenvalue weighted by molar-refractivity contribution is 0.0603. The number of hydrogen-bond donors (Lipinski definition) is 0. The number of ether oxygens (including phenoxy) is 1. The van der Waals surface area contributed by atoms with Gasteiger partial charge in [-0.15, -0.1) is 5.54 Å². The summed E-state index contributed by atoms with van der Waals surface area (Å²) in [6, 6.07) is 7.52. The van der Waals surface area contributed by atoms with Crippen LogP contribution in [0.15, 0.2) is 30.5 Å². The molecule has 0 bridgehead atoms. The monoisotopic (exact) mass is 271 g/mol. The van der Waals surface area contributed by atoms with Crippen molar-refractivity contribution in [1.82, 2.24) is 4.40 Å². The fourth-order valence-corrected chi connectivity index (χ4v) is 2.28. The summed E-state index contributed by atoms with van der Waals surface area (Å²) in [5, 5.41) is 0. The zero-order valence-corrected chi connectivity index (χ0v) is 12.7. The van der Waals surface area contributed by atoms with Crippen LogP contribution in [0.4, 0.5) is 0 Å². The lowest BCUT2D eigenvalue weighted by Crippen LogP contribution is -2.16. The number of nitrogens with zero attached hydrogens (tertiary/aromatic N) is 1. The predicted octanol–water partition coefficient (Wildman–Crippen LogP) is 2.95. The van der Waals surface area contributed by atoms with Crippen molar-refractivity contribution in [2.45, 2.75) is 19.6 Å². The van der Waals surface area contributed by atoms with E-state index in [1.807, 2.05) is 28.8 Å². The van der Waals surface area contributed by atoms with Crippen LogP contribution < -0.4 is 0 Å². The van der Waals surface area contributed by atoms with Gasteiger partial charge in [0.1, 0.15) is 8.07 Å². The molecule has 0 amide bonds. The molecule has 0 radical (unpaired) electrons. The van der Waals surface area contributed by atoms with E-state index < -0.39 is 8.07 Å². The maximum atomic E-state index is 11.8. The number of fused-ring (bicyclic) bond motifs is 1. The fraction of sp³-hybridized carbons (Fsp3) is 0.267. The molecule has 0 aliphatic carbocycles. The number of rotatable bonds is 1. The molecule has 0 aliphatic rings. The topological polar surface area (TPSA) is 30.7 Å². The Kier molecular flexibility index (Phi) is 3.50. The molecule has 0 fully saturated rings. The molecule has 0 atom stereocenters. The third-order valence-corrected chi connectivity index (χ3v) is 3.52. The normalized spacial score (nSPS) is 10.9. The molecule has 2 heterocycles. The van der Waals surface area contributed by atoms with Crippen molar-refractivity contribution in [3.63, 3.8) is 0 Å². The van der Waals surface area contributed by atoms with E-state index in [1.165, 1.54) is 7.11 Å². The van der Waals surface area contributed by atoms with Gasteiger partial charge in [-0.25, -0.2) is 4.79 Å². The first-order valence-electron chi connectivity index (χ1n) is 6.14. The summed E-state index contributed by atoms with van der Waals surface area (Å²) in [4.78, 5) is 11.8. The maximum absolute atomic E-state index is 11.8. The van der Waals surface area contributed by atoms with Crippen molar-refractivity contribution >= 4 is 19.6 Å². The van der Waals surface area contributed by atoms with Crippen molar-refractivity contribution < 1.29 is 9.53 Å². The van der Waals surface area contributed by atoms with Crippen molar-refractivity contribution in [2.75, 3.05) is 7.11 Å². The van der Waals surface area contributed by atoms with E-state index >= 15 is 0 Å². The molecule has 2 rings (SSSR count). The van der Waals surface area contributed by atoms with Crippen LogP contribution in [-0.2, 0) is 4.74 Å². The molecule has 98 valence electrons. The molecule has 2 aromatic rings. The minimum absolute atomic E-state index is 0.329. The summed E-state index contributed by atoms with van der Waals surface area (Å²) < 4.78 is 6.74. The first-order chi connectivity index (χ1) is 8.92. The lowest BCUT2D eigenvalue weighted by atomic mass is 10.2. The van der Waals surface area contributed by atoms with Crippen molar-refractivity contribution in [3.8, 4) is 11.5 Å². The van der Waals surface area contributed by atoms with E-state index in [0.29, 0.717) is 5.56 Å². The van der Waals surface area contributed by atoms with Gasteiger partial charge in [0, 0.05) is 6.20 Å². The SMILES string of the molecule is COC(=O)c1cc(C#C[Si](C)(C)C)n2ccccc12. The minimum Gasteiger partial charge on any atom is -0.465 e. The van der Waals surface area contributed by atoms with E-state index in [4.69, 9.17) is 4.74 Å². The Morgan fingerprint density at radius 2 is 2.05 bits per heavy atom. The highest BCUT2D eigenvalue weighted by molar-refractivity contribution is 6.83. The Balaban J connectivity index is 2.62. The van der Waals surface area contributed by atoms with Crippen molar-refractivity contribution in [2.24, 2.45) is 0 Å². The number of carbonyl (C=O) groups excluding carboxylic acids is 1. The van der Waals surface area contributed by atoms with E-state index in [-0.39, 0.29) is 5.97 Å². The molecule has 4 heteroatoms. The van der Waals surface area contributed by atoms with E-state index in [2.05, 4.69) is 31.1 Å². The van der Waals surface area contributed by atoms with Crippen LogP contribution in [0.1, 0.15) is 16.1 Å². The summed E-state index contributed by atoms with van der Waals surface area (Å²) >= 11 is 0. The molecular formula is C15H17NO2Si. The predicted molar refractivity (Wildman–Crippen MR) is 79.0 cm³/mol. The number of pyridine rings is 1. The highest BCUT2D eigenvalue weighted by atomic mass is 28.3. The van der Waals surface area contributed by atoms with Gasteiger partial charge in [0.15, 0.2) is 0 Å². The van der Waals surface area contributed by atoms with Gasteiger partial charge < -0.3 is 9.14 Å². The van der Waals surface area contributed by atoms with Crippen LogP contribution in [0.25, 0.3) is 5.52 Å². The number of hydrogen-bond acceptors (Lipinski definition) is 2. The van der Waals surface area contributed by atoms with Gasteiger partial charge in [0.25, 0.3) is 0 Å². The third-order valence-electron chi connectivity index (χ3n) is 2.65. The molecule has 3 nitrogen and oxygen atoms in total. The smallest absolute Gasteiger partial charge is 0.340 e. The maximum Gasteiger partial charge on any atom is 0.340 e. The standard InChI is InChI=1S/C15H17NO2Si/c1-18-15(17)13-11-12(8-10-19(2,3)4)16-9-6-5-7-14(13)16/h5-7,9,11H,1-4H3. The first kappa shape index (κ1) is 13.4. The Morgan fingerprint density at radius 3 is 2.68 bits per heavy atom. The van der Waals surface area contributed by atoms with Gasteiger partial charge >= 0.3 is 5.97 Å². The fourth-order valence-electron chi connectivity index (χ4n) is 1.77. The third kappa shape index (κ3) is 2.88. The van der Waals surface area contributed by atoms with Crippen LogP contribution in [0.3, 0.4) is 0 Å². The molecule has 19 heavy (non-hydrogen) atoms. The number of carbonyl (C=O) groups is 1. The van der Waals surface area contributed by atoms with Gasteiger partial charge in [0.05, 0.1) is 23.9 Å². The molecule has 0 aromatic carbocycles. The lowest BCUT2D eigenvalue weighted by Gasteiger charge is -2.03. The number of methoxy groups -OCH3 is 1. The van der Waals surface area contributed by atoms with Gasteiger partial charge in [-0.2, -0.15) is 0 Å². The highest BCUT2D eigenvalue weighted by Crippen LogP contribution is 2.17. The average Bonchev–Trinajstić information content (AvgIpc) is 2.74. The highest BCUT2D eigenvalue weighted by Gasteiger charge is 2.15. The Labute approximate surface area is 114 Å². The van der Waals surface area contributed by atoms with Crippen LogP contribution >= 0.6 is 0 Å². The van der Waals surface area contributed by atoms with Gasteiger partial charge in [-0.05, 0) is 18.2 Å². The van der Waals surface area contributed by atoms with Crippen LogP contribution in [-0.4, -0.2) is 25.6 Å². The van der Waals surface area contributed by atoms with Gasteiger partial charge in [0.2, 0.25) is 0 Å². The van der Waals surface area contributed by atoms with E-state index in [0.717, 1.165) is 11.2 Å². The quantitative estimate of drug-likeness (QED) is 0.453. The zero-order valence-electron chi connectivity index (χ0n) is 11.7. The van der Waals surface area contributed by atoms with E-state index in [1.54, 1.807) is 6.07 Å². The van der Waals surface area contributed by atoms with Gasteiger partial charge in [-0.1, -0.05) is 31.6 Å². The number of aromatic nitrogens is 1. The van der Waals surface area contributed by atoms with Crippen LogP contribution in [0, 0.1) is 11.5 Å². The first-order valence-corrected chi connectivity index (χ1v) is 9.64. The summed E-state index contributed by atoms with van der Waals surface area (Å²) in [7, 11) is -0.0532. The second-order valence-electron chi connectivity index (χ2n) is 5.39. The molecule has 0 saturated carbocycles. The molecule has 0 spiro atoms. The summed E-state index contributed by atoms with van der Waals surface area (Å²) in [5.41, 5.74) is 5.53. The summed E-state index contributed by atoms with van der Waals surface area (Å²) in [6.45, 7) is 6.57. The molecule has 0 N–H and O–H groups in total. The molecule has 2 aromatic heterocycles. The van der Waals surface area contributed by atoms with Crippen LogP contribution in [0.2, 0.25) is 19.6 Å². The molecule has 0 unspecified atom stereocenters. The average molecular weight is 271 g/mol. The second-order valence-corrected chi connectivity index (χ2v) is 10.1. The van der Waals surface area contributed by atoms with Crippen molar-refractivity contribution in [3.05, 3.63) is 41.7 Å². The second kappa shape index (κ2) is 4.94. The summed E-state index contributed by atoms with van der Waals surface area (Å²) in [5.74, 6) is 2.86.